The van der Waals surface area contributed by atoms with Crippen LogP contribution in [0.5, 0.6) is 5.75 Å². The molecule has 1 fully saturated rings. The Morgan fingerprint density at radius 3 is 2.62 bits per heavy atom. The van der Waals surface area contributed by atoms with Crippen molar-refractivity contribution in [3.63, 3.8) is 0 Å². The Labute approximate surface area is 172 Å². The van der Waals surface area contributed by atoms with E-state index in [4.69, 9.17) is 9.47 Å². The van der Waals surface area contributed by atoms with Crippen LogP contribution in [0.4, 0.5) is 10.1 Å². The summed E-state index contributed by atoms with van der Waals surface area (Å²) in [6, 6.07) is 3.46. The fourth-order valence-electron chi connectivity index (χ4n) is 3.89. The minimum Gasteiger partial charge on any atom is -0.462 e. The third-order valence-corrected chi connectivity index (χ3v) is 6.60. The second kappa shape index (κ2) is 7.87. The van der Waals surface area contributed by atoms with Crippen molar-refractivity contribution in [3.05, 3.63) is 27.9 Å². The molecule has 1 unspecified atom stereocenters. The first-order valence-electron chi connectivity index (χ1n) is 9.68. The molecular weight excluding hydrogens is 397 g/mol. The summed E-state index contributed by atoms with van der Waals surface area (Å²) < 4.78 is 25.4. The number of carbonyl (C=O) groups is 1. The van der Waals surface area contributed by atoms with Crippen LogP contribution in [0.1, 0.15) is 29.6 Å². The fraction of sp³-hybridized carbons (Fsp3) is 0.500. The van der Waals surface area contributed by atoms with Crippen LogP contribution < -0.4 is 15.1 Å². The maximum atomic E-state index is 13.1. The van der Waals surface area contributed by atoms with E-state index in [2.05, 4.69) is 16.8 Å². The minimum absolute atomic E-state index is 0.0426. The number of rotatable bonds is 5. The zero-order chi connectivity index (χ0) is 20.7. The summed E-state index contributed by atoms with van der Waals surface area (Å²) in [6.07, 6.45) is 0. The number of anilines is 1. The Balaban J connectivity index is 1.92. The number of nitrogens with zero attached hydrogens (tertiary/aromatic N) is 3. The van der Waals surface area contributed by atoms with Gasteiger partial charge >= 0.3 is 5.97 Å². The topological polar surface area (TPSA) is 64.0 Å². The summed E-state index contributed by atoms with van der Waals surface area (Å²) in [6.45, 7) is 6.26. The molecule has 2 aliphatic rings. The van der Waals surface area contributed by atoms with Gasteiger partial charge in [0, 0.05) is 26.2 Å². The van der Waals surface area contributed by atoms with Crippen molar-refractivity contribution in [1.82, 2.24) is 9.47 Å². The molecule has 4 rings (SSSR count). The normalized spacial score (nSPS) is 19.0. The summed E-state index contributed by atoms with van der Waals surface area (Å²) in [4.78, 5) is 30.0. The highest BCUT2D eigenvalue weighted by Gasteiger charge is 2.34. The van der Waals surface area contributed by atoms with Crippen LogP contribution in [0.25, 0.3) is 10.9 Å². The number of fused-ring (bicyclic) bond motifs is 3. The molecule has 1 saturated heterocycles. The van der Waals surface area contributed by atoms with E-state index in [0.29, 0.717) is 16.2 Å². The zero-order valence-corrected chi connectivity index (χ0v) is 17.6. The number of alkyl halides is 1. The Morgan fingerprint density at radius 1 is 1.28 bits per heavy atom. The number of ether oxygens (including phenoxy) is 2. The number of carbonyl (C=O) groups excluding carboxylic acids is 1. The maximum Gasteiger partial charge on any atom is 0.344 e. The van der Waals surface area contributed by atoms with E-state index < -0.39 is 18.3 Å². The molecule has 9 heteroatoms. The summed E-state index contributed by atoms with van der Waals surface area (Å²) in [5.74, 6) is -0.310. The summed E-state index contributed by atoms with van der Waals surface area (Å²) in [5.41, 5.74) is 1.13. The molecule has 0 spiro atoms. The van der Waals surface area contributed by atoms with Gasteiger partial charge in [0.25, 0.3) is 0 Å². The summed E-state index contributed by atoms with van der Waals surface area (Å²) in [5, 5.41) is 1.04. The first-order chi connectivity index (χ1) is 14.0. The molecule has 7 nitrogen and oxygen atoms in total. The fourth-order valence-corrected chi connectivity index (χ4v) is 5.04. The third-order valence-electron chi connectivity index (χ3n) is 5.42. The van der Waals surface area contributed by atoms with Crippen molar-refractivity contribution < 1.29 is 18.7 Å². The van der Waals surface area contributed by atoms with E-state index in [0.717, 1.165) is 37.4 Å². The van der Waals surface area contributed by atoms with Crippen LogP contribution in [0.15, 0.2) is 22.0 Å². The van der Waals surface area contributed by atoms with Crippen molar-refractivity contribution in [2.75, 3.05) is 51.6 Å². The number of pyridine rings is 1. The largest absolute Gasteiger partial charge is 0.462 e. The second-order valence-electron chi connectivity index (χ2n) is 7.20. The number of halogens is 1. The molecule has 29 heavy (non-hydrogen) atoms. The molecule has 0 bridgehead atoms. The van der Waals surface area contributed by atoms with Gasteiger partial charge in [-0.15, -0.1) is 0 Å². The predicted octanol–water partition coefficient (Wildman–Crippen LogP) is 2.86. The molecule has 1 aromatic heterocycles. The molecule has 2 aliphatic heterocycles. The minimum atomic E-state index is -0.991. The lowest BCUT2D eigenvalue weighted by Crippen LogP contribution is -2.44. The van der Waals surface area contributed by atoms with Gasteiger partial charge in [-0.25, -0.2) is 9.18 Å². The van der Waals surface area contributed by atoms with Gasteiger partial charge in [0.05, 0.1) is 33.6 Å². The number of thioether (sulfide) groups is 1. The number of likely N-dealkylation sites (N-methyl/N-ethyl adjacent to an activating group) is 1. The number of hydrogen-bond donors (Lipinski definition) is 0. The lowest BCUT2D eigenvalue weighted by atomic mass is 10.1. The standard InChI is InChI=1S/C20H24FN3O4S/c1-4-27-20(26)17-18(25)13-9-16(28-11-21)15(23-7-5-22(3)6-8-23)10-14(13)24-12(2)29-19(17)24/h9-10,12H,4-8,11H2,1-3H3. The lowest BCUT2D eigenvalue weighted by Gasteiger charge is -2.36. The van der Waals surface area contributed by atoms with Gasteiger partial charge in [-0.05, 0) is 33.0 Å². The van der Waals surface area contributed by atoms with Crippen molar-refractivity contribution >= 4 is 34.3 Å². The van der Waals surface area contributed by atoms with E-state index in [1.165, 1.54) is 11.8 Å². The highest BCUT2D eigenvalue weighted by atomic mass is 32.2. The maximum absolute atomic E-state index is 13.1. The SMILES string of the molecule is CCOC(=O)c1c2n(c3cc(N4CCN(C)CC4)c(OCF)cc3c1=O)C(C)S2. The van der Waals surface area contributed by atoms with Gasteiger partial charge in [0.1, 0.15) is 11.3 Å². The van der Waals surface area contributed by atoms with Crippen LogP contribution in [-0.4, -0.2) is 62.1 Å². The quantitative estimate of drug-likeness (QED) is 0.688. The molecule has 3 heterocycles. The highest BCUT2D eigenvalue weighted by Crippen LogP contribution is 2.47. The van der Waals surface area contributed by atoms with Crippen molar-refractivity contribution in [2.45, 2.75) is 24.2 Å². The average Bonchev–Trinajstić information content (AvgIpc) is 2.68. The van der Waals surface area contributed by atoms with Crippen LogP contribution in [0.2, 0.25) is 0 Å². The van der Waals surface area contributed by atoms with E-state index >= 15 is 0 Å². The Kier molecular flexibility index (Phi) is 5.44. The van der Waals surface area contributed by atoms with E-state index in [9.17, 15) is 14.0 Å². The van der Waals surface area contributed by atoms with Gasteiger partial charge in [-0.3, -0.25) is 4.79 Å². The lowest BCUT2D eigenvalue weighted by molar-refractivity contribution is 0.0518. The van der Waals surface area contributed by atoms with Crippen molar-refractivity contribution in [3.8, 4) is 5.75 Å². The number of aromatic nitrogens is 1. The molecule has 0 radical (unpaired) electrons. The average molecular weight is 421 g/mol. The first-order valence-corrected chi connectivity index (χ1v) is 10.6. The number of hydrogen-bond acceptors (Lipinski definition) is 7. The van der Waals surface area contributed by atoms with Crippen molar-refractivity contribution in [1.29, 1.82) is 0 Å². The zero-order valence-electron chi connectivity index (χ0n) is 16.7. The molecule has 1 atom stereocenters. The van der Waals surface area contributed by atoms with Crippen LogP contribution in [0.3, 0.4) is 0 Å². The van der Waals surface area contributed by atoms with Crippen LogP contribution >= 0.6 is 11.8 Å². The van der Waals surface area contributed by atoms with Gasteiger partial charge < -0.3 is 23.8 Å². The molecule has 156 valence electrons. The van der Waals surface area contributed by atoms with E-state index in [1.54, 1.807) is 13.0 Å². The third kappa shape index (κ3) is 3.36. The monoisotopic (exact) mass is 421 g/mol. The van der Waals surface area contributed by atoms with Crippen LogP contribution in [0, 0.1) is 0 Å². The number of benzene rings is 1. The molecule has 0 saturated carbocycles. The molecule has 0 aliphatic carbocycles. The number of esters is 1. The summed E-state index contributed by atoms with van der Waals surface area (Å²) in [7, 11) is 2.06. The predicted molar refractivity (Wildman–Crippen MR) is 111 cm³/mol. The smallest absolute Gasteiger partial charge is 0.344 e. The molecule has 2 aromatic rings. The van der Waals surface area contributed by atoms with Gasteiger partial charge in [0.2, 0.25) is 12.3 Å². The molecule has 0 N–H and O–H groups in total. The molecule has 1 aromatic carbocycles. The summed E-state index contributed by atoms with van der Waals surface area (Å²) >= 11 is 1.47. The Hall–Kier alpha value is -2.26. The van der Waals surface area contributed by atoms with Gasteiger partial charge in [-0.1, -0.05) is 11.8 Å². The van der Waals surface area contributed by atoms with E-state index in [1.807, 2.05) is 17.6 Å². The van der Waals surface area contributed by atoms with Crippen LogP contribution in [-0.2, 0) is 4.74 Å². The van der Waals surface area contributed by atoms with E-state index in [-0.39, 0.29) is 17.5 Å². The second-order valence-corrected chi connectivity index (χ2v) is 8.50. The molecule has 0 amide bonds. The molecular formula is C20H24FN3O4S. The Morgan fingerprint density at radius 2 is 2.00 bits per heavy atom. The Bertz CT molecular complexity index is 1020. The van der Waals surface area contributed by atoms with Gasteiger partial charge in [0.15, 0.2) is 0 Å². The van der Waals surface area contributed by atoms with Crippen molar-refractivity contribution in [2.24, 2.45) is 0 Å². The van der Waals surface area contributed by atoms with Gasteiger partial charge in [-0.2, -0.15) is 0 Å². The first kappa shape index (κ1) is 20.0. The highest BCUT2D eigenvalue weighted by molar-refractivity contribution is 8.00. The number of piperazine rings is 1.